The third-order valence-electron chi connectivity index (χ3n) is 3.42. The Hall–Kier alpha value is -1.97. The summed E-state index contributed by atoms with van der Waals surface area (Å²) >= 11 is 0. The van der Waals surface area contributed by atoms with Gasteiger partial charge in [-0.25, -0.2) is 4.79 Å². The number of carbonyl (C=O) groups is 1. The Bertz CT molecular complexity index is 568. The highest BCUT2D eigenvalue weighted by atomic mass is 16.5. The zero-order valence-electron chi connectivity index (χ0n) is 12.3. The van der Waals surface area contributed by atoms with Crippen LogP contribution in [0.5, 0.6) is 11.5 Å². The highest BCUT2D eigenvalue weighted by Gasteiger charge is 2.29. The van der Waals surface area contributed by atoms with E-state index in [1.54, 1.807) is 0 Å². The van der Waals surface area contributed by atoms with Gasteiger partial charge >= 0.3 is 5.97 Å². The summed E-state index contributed by atoms with van der Waals surface area (Å²) in [5.74, 6) is 0.0493. The van der Waals surface area contributed by atoms with E-state index in [-0.39, 0.29) is 17.8 Å². The number of allylic oxidation sites excluding steroid dienone is 2. The highest BCUT2D eigenvalue weighted by Crippen LogP contribution is 2.38. The van der Waals surface area contributed by atoms with Gasteiger partial charge in [0.25, 0.3) is 0 Å². The van der Waals surface area contributed by atoms with Gasteiger partial charge in [-0.1, -0.05) is 11.6 Å². The minimum absolute atomic E-state index is 0.0186. The van der Waals surface area contributed by atoms with Gasteiger partial charge in [0.15, 0.2) is 11.5 Å². The standard InChI is InChI=1S/C16H20O4/c1-9(2)5-6-11-12-7-10(3)20-16(18)13(12)8-14(17)15(11)19-4/h5,8,10,17H,6-7H2,1-4H3/t10-/m1/s1. The van der Waals surface area contributed by atoms with Crippen molar-refractivity contribution in [1.82, 2.24) is 0 Å². The van der Waals surface area contributed by atoms with Crippen molar-refractivity contribution in [2.45, 2.75) is 39.7 Å². The Kier molecular flexibility index (Phi) is 4.02. The molecule has 0 saturated carbocycles. The fraction of sp³-hybridized carbons (Fsp3) is 0.438. The molecule has 0 radical (unpaired) electrons. The molecule has 108 valence electrons. The van der Waals surface area contributed by atoms with Crippen LogP contribution < -0.4 is 4.74 Å². The molecular formula is C16H20O4. The second-order valence-corrected chi connectivity index (χ2v) is 5.34. The largest absolute Gasteiger partial charge is 0.504 e. The number of cyclic esters (lactones) is 1. The molecule has 20 heavy (non-hydrogen) atoms. The molecule has 0 saturated heterocycles. The predicted molar refractivity (Wildman–Crippen MR) is 76.4 cm³/mol. The molecule has 0 unspecified atom stereocenters. The highest BCUT2D eigenvalue weighted by molar-refractivity contribution is 5.94. The minimum atomic E-state index is -0.379. The van der Waals surface area contributed by atoms with E-state index in [1.807, 2.05) is 20.8 Å². The number of ether oxygens (including phenoxy) is 2. The molecule has 2 rings (SSSR count). The molecule has 1 N–H and O–H groups in total. The van der Waals surface area contributed by atoms with Gasteiger partial charge in [-0.3, -0.25) is 0 Å². The molecule has 4 nitrogen and oxygen atoms in total. The summed E-state index contributed by atoms with van der Waals surface area (Å²) in [5, 5.41) is 10.0. The van der Waals surface area contributed by atoms with Crippen LogP contribution in [0.4, 0.5) is 0 Å². The van der Waals surface area contributed by atoms with Crippen molar-refractivity contribution < 1.29 is 19.4 Å². The van der Waals surface area contributed by atoms with Gasteiger partial charge in [-0.15, -0.1) is 0 Å². The van der Waals surface area contributed by atoms with Crippen LogP contribution in [0.1, 0.15) is 42.3 Å². The van der Waals surface area contributed by atoms with Crippen molar-refractivity contribution in [3.63, 3.8) is 0 Å². The number of aromatic hydroxyl groups is 1. The number of hydrogen-bond donors (Lipinski definition) is 1. The van der Waals surface area contributed by atoms with E-state index in [4.69, 9.17) is 9.47 Å². The number of esters is 1. The van der Waals surface area contributed by atoms with Crippen molar-refractivity contribution in [1.29, 1.82) is 0 Å². The van der Waals surface area contributed by atoms with Crippen LogP contribution in [0, 0.1) is 0 Å². The van der Waals surface area contributed by atoms with Crippen molar-refractivity contribution in [3.8, 4) is 11.5 Å². The molecule has 1 aliphatic rings. The number of rotatable bonds is 3. The maximum Gasteiger partial charge on any atom is 0.338 e. The Morgan fingerprint density at radius 3 is 2.85 bits per heavy atom. The first-order valence-electron chi connectivity index (χ1n) is 6.70. The number of carbonyl (C=O) groups excluding carboxylic acids is 1. The molecule has 1 aromatic carbocycles. The summed E-state index contributed by atoms with van der Waals surface area (Å²) in [6, 6.07) is 1.44. The van der Waals surface area contributed by atoms with Crippen LogP contribution in [0.25, 0.3) is 0 Å². The number of methoxy groups -OCH3 is 1. The first-order chi connectivity index (χ1) is 9.43. The van der Waals surface area contributed by atoms with Crippen LogP contribution in [0.15, 0.2) is 17.7 Å². The summed E-state index contributed by atoms with van der Waals surface area (Å²) in [5.41, 5.74) is 3.40. The number of hydrogen-bond acceptors (Lipinski definition) is 4. The normalized spacial score (nSPS) is 17.2. The Morgan fingerprint density at radius 2 is 2.25 bits per heavy atom. The summed E-state index contributed by atoms with van der Waals surface area (Å²) < 4.78 is 10.5. The quantitative estimate of drug-likeness (QED) is 0.681. The number of phenolic OH excluding ortho intramolecular Hbond substituents is 1. The first-order valence-corrected chi connectivity index (χ1v) is 6.70. The second kappa shape index (κ2) is 5.57. The van der Waals surface area contributed by atoms with Crippen LogP contribution in [0.3, 0.4) is 0 Å². The summed E-state index contributed by atoms with van der Waals surface area (Å²) in [6.45, 7) is 5.89. The van der Waals surface area contributed by atoms with Crippen molar-refractivity contribution in [2.24, 2.45) is 0 Å². The monoisotopic (exact) mass is 276 g/mol. The molecule has 1 heterocycles. The van der Waals surface area contributed by atoms with Crippen LogP contribution >= 0.6 is 0 Å². The Morgan fingerprint density at radius 1 is 1.55 bits per heavy atom. The molecule has 1 atom stereocenters. The van der Waals surface area contributed by atoms with E-state index in [1.165, 1.54) is 18.7 Å². The lowest BCUT2D eigenvalue weighted by molar-refractivity contribution is 0.0299. The molecule has 0 spiro atoms. The van der Waals surface area contributed by atoms with Crippen molar-refractivity contribution >= 4 is 5.97 Å². The molecule has 1 aliphatic heterocycles. The van der Waals surface area contributed by atoms with Crippen LogP contribution in [-0.2, 0) is 17.6 Å². The summed E-state index contributed by atoms with van der Waals surface area (Å²) in [6.07, 6.45) is 3.17. The second-order valence-electron chi connectivity index (χ2n) is 5.34. The molecule has 0 fully saturated rings. The Labute approximate surface area is 119 Å². The summed E-state index contributed by atoms with van der Waals surface area (Å²) in [7, 11) is 1.53. The molecule has 1 aromatic rings. The number of fused-ring (bicyclic) bond motifs is 1. The molecule has 4 heteroatoms. The third-order valence-corrected chi connectivity index (χ3v) is 3.42. The fourth-order valence-electron chi connectivity index (χ4n) is 2.48. The van der Waals surface area contributed by atoms with E-state index in [0.717, 1.165) is 11.1 Å². The van der Waals surface area contributed by atoms with Gasteiger partial charge in [0, 0.05) is 12.0 Å². The van der Waals surface area contributed by atoms with E-state index in [0.29, 0.717) is 24.2 Å². The molecular weight excluding hydrogens is 256 g/mol. The Balaban J connectivity index is 2.61. The smallest absolute Gasteiger partial charge is 0.338 e. The van der Waals surface area contributed by atoms with Crippen LogP contribution in [-0.4, -0.2) is 24.3 Å². The fourth-order valence-corrected chi connectivity index (χ4v) is 2.48. The van der Waals surface area contributed by atoms with Gasteiger partial charge in [-0.2, -0.15) is 0 Å². The lowest BCUT2D eigenvalue weighted by Gasteiger charge is -2.25. The number of benzene rings is 1. The number of phenols is 1. The van der Waals surface area contributed by atoms with Gasteiger partial charge in [-0.05, 0) is 38.8 Å². The van der Waals surface area contributed by atoms with E-state index in [2.05, 4.69) is 6.08 Å². The van der Waals surface area contributed by atoms with E-state index < -0.39 is 0 Å². The van der Waals surface area contributed by atoms with Gasteiger partial charge < -0.3 is 14.6 Å². The average Bonchev–Trinajstić information content (AvgIpc) is 2.36. The van der Waals surface area contributed by atoms with E-state index >= 15 is 0 Å². The minimum Gasteiger partial charge on any atom is -0.504 e. The van der Waals surface area contributed by atoms with Crippen molar-refractivity contribution in [2.75, 3.05) is 7.11 Å². The maximum absolute atomic E-state index is 11.9. The molecule has 0 aromatic heterocycles. The molecule has 0 amide bonds. The van der Waals surface area contributed by atoms with Crippen LogP contribution in [0.2, 0.25) is 0 Å². The predicted octanol–water partition coefficient (Wildman–Crippen LogP) is 3.01. The molecule has 0 bridgehead atoms. The zero-order valence-corrected chi connectivity index (χ0v) is 12.3. The lowest BCUT2D eigenvalue weighted by atomic mass is 9.90. The SMILES string of the molecule is COc1c(O)cc2c(c1CC=C(C)C)C[C@@H](C)OC2=O. The van der Waals surface area contributed by atoms with Gasteiger partial charge in [0.05, 0.1) is 12.7 Å². The molecule has 0 aliphatic carbocycles. The lowest BCUT2D eigenvalue weighted by Crippen LogP contribution is -2.26. The summed E-state index contributed by atoms with van der Waals surface area (Å²) in [4.78, 5) is 11.9. The first kappa shape index (κ1) is 14.4. The van der Waals surface area contributed by atoms with Gasteiger partial charge in [0.1, 0.15) is 6.10 Å². The maximum atomic E-state index is 11.9. The van der Waals surface area contributed by atoms with E-state index in [9.17, 15) is 9.90 Å². The van der Waals surface area contributed by atoms with Crippen molar-refractivity contribution in [3.05, 3.63) is 34.4 Å². The third kappa shape index (κ3) is 2.64. The topological polar surface area (TPSA) is 55.8 Å². The van der Waals surface area contributed by atoms with Gasteiger partial charge in [0.2, 0.25) is 0 Å². The zero-order chi connectivity index (χ0) is 14.9. The average molecular weight is 276 g/mol.